The molecular formula is C22H26ClNO5. The van der Waals surface area contributed by atoms with Gasteiger partial charge in [0.25, 0.3) is 0 Å². The van der Waals surface area contributed by atoms with Gasteiger partial charge in [0.05, 0.1) is 23.8 Å². The fourth-order valence-electron chi connectivity index (χ4n) is 3.36. The Morgan fingerprint density at radius 1 is 1.17 bits per heavy atom. The Bertz CT molecular complexity index is 795. The summed E-state index contributed by atoms with van der Waals surface area (Å²) in [5.74, 6) is 0.574. The number of aliphatic hydroxyl groups excluding tert-OH is 2. The largest absolute Gasteiger partial charge is 0.489 e. The summed E-state index contributed by atoms with van der Waals surface area (Å²) in [6.45, 7) is -0.362. The van der Waals surface area contributed by atoms with Crippen molar-refractivity contribution in [2.24, 2.45) is 0 Å². The first-order valence-corrected chi connectivity index (χ1v) is 10.2. The number of benzene rings is 2. The molecule has 1 fully saturated rings. The Morgan fingerprint density at radius 2 is 1.90 bits per heavy atom. The van der Waals surface area contributed by atoms with E-state index in [4.69, 9.17) is 21.1 Å². The molecule has 1 saturated carbocycles. The SMILES string of the molecule is O=C(N[C@H](CO)[C@H](O)c1ccc(OC2CCCC2)c(Cl)c1)OCc1ccccc1. The normalized spacial score (nSPS) is 16.2. The zero-order chi connectivity index (χ0) is 20.6. The minimum Gasteiger partial charge on any atom is -0.489 e. The standard InChI is InChI=1S/C22H26ClNO5/c23-18-12-16(10-11-20(18)29-17-8-4-5-9-17)21(26)19(13-25)24-22(27)28-14-15-6-2-1-3-7-15/h1-3,6-7,10-12,17,19,21,25-26H,4-5,8-9,13-14H2,(H,24,27)/t19-,21-/m1/s1. The monoisotopic (exact) mass is 419 g/mol. The molecule has 2 aromatic carbocycles. The van der Waals surface area contributed by atoms with Crippen molar-refractivity contribution < 1.29 is 24.5 Å². The second-order valence-corrected chi connectivity index (χ2v) is 7.56. The van der Waals surface area contributed by atoms with Gasteiger partial charge >= 0.3 is 6.09 Å². The zero-order valence-electron chi connectivity index (χ0n) is 16.1. The fraction of sp³-hybridized carbons (Fsp3) is 0.409. The summed E-state index contributed by atoms with van der Waals surface area (Å²) in [4.78, 5) is 12.0. The lowest BCUT2D eigenvalue weighted by atomic mass is 10.0. The summed E-state index contributed by atoms with van der Waals surface area (Å²) in [7, 11) is 0. The number of carbonyl (C=O) groups is 1. The van der Waals surface area contributed by atoms with Crippen LogP contribution in [0.4, 0.5) is 4.79 Å². The van der Waals surface area contributed by atoms with E-state index in [-0.39, 0.29) is 12.7 Å². The summed E-state index contributed by atoms with van der Waals surface area (Å²) in [6, 6.07) is 13.3. The predicted octanol–water partition coefficient (Wildman–Crippen LogP) is 3.98. The van der Waals surface area contributed by atoms with Gasteiger partial charge in [-0.05, 0) is 48.9 Å². The Morgan fingerprint density at radius 3 is 2.55 bits per heavy atom. The minimum absolute atomic E-state index is 0.0972. The van der Waals surface area contributed by atoms with E-state index in [0.717, 1.165) is 31.2 Å². The van der Waals surface area contributed by atoms with Crippen molar-refractivity contribution in [1.29, 1.82) is 0 Å². The number of nitrogens with one attached hydrogen (secondary N) is 1. The molecule has 0 saturated heterocycles. The molecule has 1 aliphatic rings. The van der Waals surface area contributed by atoms with E-state index in [2.05, 4.69) is 5.32 Å². The summed E-state index contributed by atoms with van der Waals surface area (Å²) in [6.07, 6.45) is 2.65. The molecule has 2 atom stereocenters. The number of hydrogen-bond donors (Lipinski definition) is 3. The highest BCUT2D eigenvalue weighted by Crippen LogP contribution is 2.32. The van der Waals surface area contributed by atoms with Crippen LogP contribution in [0.3, 0.4) is 0 Å². The first-order chi connectivity index (χ1) is 14.1. The average molecular weight is 420 g/mol. The van der Waals surface area contributed by atoms with Gasteiger partial charge in [-0.3, -0.25) is 0 Å². The number of amides is 1. The van der Waals surface area contributed by atoms with Crippen LogP contribution in [0.5, 0.6) is 5.75 Å². The molecule has 0 aromatic heterocycles. The van der Waals surface area contributed by atoms with Crippen LogP contribution in [0.25, 0.3) is 0 Å². The molecule has 0 aliphatic heterocycles. The molecule has 0 radical (unpaired) electrons. The molecule has 1 aliphatic carbocycles. The second-order valence-electron chi connectivity index (χ2n) is 7.15. The highest BCUT2D eigenvalue weighted by atomic mass is 35.5. The molecule has 0 unspecified atom stereocenters. The number of halogens is 1. The lowest BCUT2D eigenvalue weighted by Gasteiger charge is -2.23. The first-order valence-electron chi connectivity index (χ1n) is 9.79. The highest BCUT2D eigenvalue weighted by molar-refractivity contribution is 6.32. The maximum Gasteiger partial charge on any atom is 0.407 e. The molecule has 156 valence electrons. The average Bonchev–Trinajstić information content (AvgIpc) is 3.25. The molecule has 3 rings (SSSR count). The molecule has 7 heteroatoms. The summed E-state index contributed by atoms with van der Waals surface area (Å²) in [5.41, 5.74) is 1.31. The van der Waals surface area contributed by atoms with Crippen molar-refractivity contribution in [1.82, 2.24) is 5.32 Å². The molecule has 3 N–H and O–H groups in total. The summed E-state index contributed by atoms with van der Waals surface area (Å²) < 4.78 is 11.1. The molecule has 0 bridgehead atoms. The fourth-order valence-corrected chi connectivity index (χ4v) is 3.59. The van der Waals surface area contributed by atoms with Crippen molar-refractivity contribution in [3.8, 4) is 5.75 Å². The minimum atomic E-state index is -1.15. The van der Waals surface area contributed by atoms with Crippen LogP contribution in [0.15, 0.2) is 48.5 Å². The zero-order valence-corrected chi connectivity index (χ0v) is 16.8. The number of aliphatic hydroxyl groups is 2. The number of rotatable bonds is 8. The van der Waals surface area contributed by atoms with Crippen LogP contribution >= 0.6 is 11.6 Å². The van der Waals surface area contributed by atoms with Crippen molar-refractivity contribution >= 4 is 17.7 Å². The molecule has 1 amide bonds. The van der Waals surface area contributed by atoms with Gasteiger partial charge in [-0.15, -0.1) is 0 Å². The van der Waals surface area contributed by atoms with E-state index in [0.29, 0.717) is 16.3 Å². The van der Waals surface area contributed by atoms with Gasteiger partial charge in [0.1, 0.15) is 18.5 Å². The third-order valence-corrected chi connectivity index (χ3v) is 5.28. The predicted molar refractivity (Wildman–Crippen MR) is 110 cm³/mol. The summed E-state index contributed by atoms with van der Waals surface area (Å²) >= 11 is 6.31. The van der Waals surface area contributed by atoms with Crippen LogP contribution in [0.2, 0.25) is 5.02 Å². The van der Waals surface area contributed by atoms with Crippen LogP contribution < -0.4 is 10.1 Å². The lowest BCUT2D eigenvalue weighted by Crippen LogP contribution is -2.42. The highest BCUT2D eigenvalue weighted by Gasteiger charge is 2.24. The van der Waals surface area contributed by atoms with E-state index in [1.165, 1.54) is 0 Å². The number of hydrogen-bond acceptors (Lipinski definition) is 5. The van der Waals surface area contributed by atoms with Gasteiger partial charge in [0, 0.05) is 0 Å². The van der Waals surface area contributed by atoms with Crippen LogP contribution in [-0.4, -0.2) is 35.1 Å². The van der Waals surface area contributed by atoms with Gasteiger partial charge in [-0.2, -0.15) is 0 Å². The Hall–Kier alpha value is -2.28. The third-order valence-electron chi connectivity index (χ3n) is 4.99. The van der Waals surface area contributed by atoms with Crippen molar-refractivity contribution in [3.63, 3.8) is 0 Å². The third kappa shape index (κ3) is 6.10. The van der Waals surface area contributed by atoms with Crippen molar-refractivity contribution in [2.45, 2.75) is 50.5 Å². The van der Waals surface area contributed by atoms with E-state index in [1.54, 1.807) is 18.2 Å². The van der Waals surface area contributed by atoms with Gasteiger partial charge in [-0.1, -0.05) is 48.0 Å². The molecule has 29 heavy (non-hydrogen) atoms. The molecular weight excluding hydrogens is 394 g/mol. The van der Waals surface area contributed by atoms with E-state index in [1.807, 2.05) is 30.3 Å². The molecule has 6 nitrogen and oxygen atoms in total. The number of alkyl carbamates (subject to hydrolysis) is 1. The lowest BCUT2D eigenvalue weighted by molar-refractivity contribution is 0.0763. The van der Waals surface area contributed by atoms with Crippen molar-refractivity contribution in [3.05, 3.63) is 64.7 Å². The van der Waals surface area contributed by atoms with Gasteiger partial charge in [0.2, 0.25) is 0 Å². The molecule has 0 heterocycles. The molecule has 2 aromatic rings. The van der Waals surface area contributed by atoms with Gasteiger partial charge in [0.15, 0.2) is 0 Å². The smallest absolute Gasteiger partial charge is 0.407 e. The van der Waals surface area contributed by atoms with Crippen LogP contribution in [-0.2, 0) is 11.3 Å². The van der Waals surface area contributed by atoms with E-state index >= 15 is 0 Å². The van der Waals surface area contributed by atoms with E-state index < -0.39 is 24.8 Å². The second kappa shape index (κ2) is 10.5. The maximum atomic E-state index is 12.0. The van der Waals surface area contributed by atoms with Crippen LogP contribution in [0, 0.1) is 0 Å². The van der Waals surface area contributed by atoms with Gasteiger partial charge < -0.3 is 25.0 Å². The summed E-state index contributed by atoms with van der Waals surface area (Å²) in [5, 5.41) is 23.1. The Kier molecular flexibility index (Phi) is 7.75. The number of ether oxygens (including phenoxy) is 2. The van der Waals surface area contributed by atoms with E-state index in [9.17, 15) is 15.0 Å². The quantitative estimate of drug-likeness (QED) is 0.602. The van der Waals surface area contributed by atoms with Crippen LogP contribution in [0.1, 0.15) is 42.9 Å². The Balaban J connectivity index is 1.57. The maximum absolute atomic E-state index is 12.0. The Labute approximate surface area is 175 Å². The topological polar surface area (TPSA) is 88.0 Å². The number of carbonyl (C=O) groups excluding carboxylic acids is 1. The van der Waals surface area contributed by atoms with Crippen molar-refractivity contribution in [2.75, 3.05) is 6.61 Å². The van der Waals surface area contributed by atoms with Gasteiger partial charge in [-0.25, -0.2) is 4.79 Å². The molecule has 0 spiro atoms. The first kappa shape index (κ1) is 21.4.